The predicted molar refractivity (Wildman–Crippen MR) is 122 cm³/mol. The molecular weight excluding hydrogens is 410 g/mol. The van der Waals surface area contributed by atoms with Crippen LogP contribution in [0.3, 0.4) is 0 Å². The molecule has 1 unspecified atom stereocenters. The van der Waals surface area contributed by atoms with Crippen LogP contribution in [-0.4, -0.2) is 42.9 Å². The van der Waals surface area contributed by atoms with Crippen LogP contribution in [0.2, 0.25) is 0 Å². The van der Waals surface area contributed by atoms with Crippen molar-refractivity contribution in [2.45, 2.75) is 30.8 Å². The lowest BCUT2D eigenvalue weighted by Crippen LogP contribution is -2.49. The van der Waals surface area contributed by atoms with Crippen molar-refractivity contribution < 1.29 is 14.3 Å². The standard InChI is InChI=1S/C24H27N3O3S/c1-3-30-23(28)21-20(15-27-13-12-16-6-4-5-7-18(16)14-27)25-24(29)26-22(21)17-8-10-19(31-2)11-9-17/h4-11,22H,3,12-15H2,1-2H3,(H2,25,26,29). The minimum Gasteiger partial charge on any atom is -0.463 e. The zero-order chi connectivity index (χ0) is 21.8. The molecule has 2 aromatic carbocycles. The highest BCUT2D eigenvalue weighted by atomic mass is 32.2. The molecule has 2 aromatic rings. The van der Waals surface area contributed by atoms with Gasteiger partial charge in [0.15, 0.2) is 0 Å². The zero-order valence-electron chi connectivity index (χ0n) is 17.8. The van der Waals surface area contributed by atoms with Crippen molar-refractivity contribution in [1.82, 2.24) is 15.5 Å². The van der Waals surface area contributed by atoms with E-state index in [0.29, 0.717) is 17.8 Å². The molecule has 2 aliphatic heterocycles. The summed E-state index contributed by atoms with van der Waals surface area (Å²) >= 11 is 1.65. The van der Waals surface area contributed by atoms with Crippen molar-refractivity contribution in [2.24, 2.45) is 0 Å². The maximum absolute atomic E-state index is 13.0. The minimum absolute atomic E-state index is 0.277. The summed E-state index contributed by atoms with van der Waals surface area (Å²) in [5.41, 5.74) is 4.59. The first-order valence-electron chi connectivity index (χ1n) is 10.5. The average Bonchev–Trinajstić information content (AvgIpc) is 2.79. The summed E-state index contributed by atoms with van der Waals surface area (Å²) in [6.07, 6.45) is 2.96. The Morgan fingerprint density at radius 3 is 2.61 bits per heavy atom. The summed E-state index contributed by atoms with van der Waals surface area (Å²) in [5.74, 6) is -0.402. The second kappa shape index (κ2) is 9.58. The van der Waals surface area contributed by atoms with Gasteiger partial charge in [0, 0.05) is 30.2 Å². The number of amides is 2. The molecule has 0 radical (unpaired) electrons. The van der Waals surface area contributed by atoms with Crippen LogP contribution >= 0.6 is 11.8 Å². The van der Waals surface area contributed by atoms with Gasteiger partial charge in [0.05, 0.1) is 18.2 Å². The molecule has 0 fully saturated rings. The lowest BCUT2D eigenvalue weighted by molar-refractivity contribution is -0.139. The summed E-state index contributed by atoms with van der Waals surface area (Å²) in [4.78, 5) is 28.9. The van der Waals surface area contributed by atoms with Crippen LogP contribution in [0.25, 0.3) is 0 Å². The van der Waals surface area contributed by atoms with Gasteiger partial charge in [0.25, 0.3) is 0 Å². The Morgan fingerprint density at radius 2 is 1.90 bits per heavy atom. The number of benzene rings is 2. The molecular formula is C24H27N3O3S. The quantitative estimate of drug-likeness (QED) is 0.533. The fourth-order valence-electron chi connectivity index (χ4n) is 4.15. The molecule has 6 nitrogen and oxygen atoms in total. The van der Waals surface area contributed by atoms with Crippen molar-refractivity contribution in [3.05, 3.63) is 76.5 Å². The number of nitrogens with one attached hydrogen (secondary N) is 2. The maximum atomic E-state index is 13.0. The molecule has 2 aliphatic rings. The lowest BCUT2D eigenvalue weighted by Gasteiger charge is -2.34. The van der Waals surface area contributed by atoms with Crippen LogP contribution in [0.5, 0.6) is 0 Å². The zero-order valence-corrected chi connectivity index (χ0v) is 18.6. The number of rotatable bonds is 6. The fourth-order valence-corrected chi connectivity index (χ4v) is 4.56. The number of nitrogens with zero attached hydrogens (tertiary/aromatic N) is 1. The van der Waals surface area contributed by atoms with Gasteiger partial charge in [-0.15, -0.1) is 11.8 Å². The van der Waals surface area contributed by atoms with Crippen LogP contribution < -0.4 is 10.6 Å². The van der Waals surface area contributed by atoms with Crippen molar-refractivity contribution in [3.63, 3.8) is 0 Å². The second-order valence-corrected chi connectivity index (χ2v) is 8.53. The van der Waals surface area contributed by atoms with Gasteiger partial charge in [-0.05, 0) is 48.4 Å². The summed E-state index contributed by atoms with van der Waals surface area (Å²) in [6.45, 7) is 4.20. The molecule has 0 saturated carbocycles. The van der Waals surface area contributed by atoms with Gasteiger partial charge >= 0.3 is 12.0 Å². The highest BCUT2D eigenvalue weighted by Gasteiger charge is 2.34. The van der Waals surface area contributed by atoms with Crippen LogP contribution in [0.15, 0.2) is 64.7 Å². The number of thioether (sulfide) groups is 1. The highest BCUT2D eigenvalue weighted by molar-refractivity contribution is 7.98. The first-order valence-corrected chi connectivity index (χ1v) is 11.7. The molecule has 162 valence electrons. The second-order valence-electron chi connectivity index (χ2n) is 7.65. The molecule has 2 heterocycles. The molecule has 2 amide bonds. The van der Waals surface area contributed by atoms with Gasteiger partial charge in [-0.25, -0.2) is 9.59 Å². The topological polar surface area (TPSA) is 70.7 Å². The molecule has 0 aromatic heterocycles. The first-order chi connectivity index (χ1) is 15.1. The van der Waals surface area contributed by atoms with Crippen molar-refractivity contribution in [3.8, 4) is 0 Å². The van der Waals surface area contributed by atoms with Gasteiger partial charge in [0.2, 0.25) is 0 Å². The molecule has 31 heavy (non-hydrogen) atoms. The summed E-state index contributed by atoms with van der Waals surface area (Å²) in [5, 5.41) is 5.79. The smallest absolute Gasteiger partial charge is 0.338 e. The highest BCUT2D eigenvalue weighted by Crippen LogP contribution is 2.30. The van der Waals surface area contributed by atoms with E-state index in [1.807, 2.05) is 36.6 Å². The molecule has 0 spiro atoms. The van der Waals surface area contributed by atoms with E-state index in [1.165, 1.54) is 11.1 Å². The van der Waals surface area contributed by atoms with Crippen molar-refractivity contribution in [1.29, 1.82) is 0 Å². The number of fused-ring (bicyclic) bond motifs is 1. The number of carbonyl (C=O) groups excluding carboxylic acids is 2. The van der Waals surface area contributed by atoms with E-state index in [0.717, 1.165) is 30.0 Å². The Morgan fingerprint density at radius 1 is 1.16 bits per heavy atom. The van der Waals surface area contributed by atoms with E-state index in [-0.39, 0.29) is 12.6 Å². The van der Waals surface area contributed by atoms with Crippen LogP contribution in [0.1, 0.15) is 29.7 Å². The van der Waals surface area contributed by atoms with Crippen molar-refractivity contribution in [2.75, 3.05) is 26.0 Å². The molecule has 0 saturated heterocycles. The Labute approximate surface area is 187 Å². The minimum atomic E-state index is -0.546. The molecule has 1 atom stereocenters. The Bertz CT molecular complexity index is 1000. The molecule has 0 aliphatic carbocycles. The average molecular weight is 438 g/mol. The van der Waals surface area contributed by atoms with Gasteiger partial charge in [-0.3, -0.25) is 4.90 Å². The lowest BCUT2D eigenvalue weighted by atomic mass is 9.94. The van der Waals surface area contributed by atoms with E-state index in [9.17, 15) is 9.59 Å². The summed E-state index contributed by atoms with van der Waals surface area (Å²) in [7, 11) is 0. The number of carbonyl (C=O) groups is 2. The van der Waals surface area contributed by atoms with Crippen LogP contribution in [0, 0.1) is 0 Å². The van der Waals surface area contributed by atoms with Crippen LogP contribution in [0.4, 0.5) is 4.79 Å². The molecule has 2 N–H and O–H groups in total. The Hall–Kier alpha value is -2.77. The SMILES string of the molecule is CCOC(=O)C1=C(CN2CCc3ccccc3C2)NC(=O)NC1c1ccc(SC)cc1. The molecule has 0 bridgehead atoms. The normalized spacial score (nSPS) is 18.8. The van der Waals surface area contributed by atoms with E-state index < -0.39 is 12.0 Å². The monoisotopic (exact) mass is 437 g/mol. The van der Waals surface area contributed by atoms with Crippen molar-refractivity contribution >= 4 is 23.8 Å². The summed E-state index contributed by atoms with van der Waals surface area (Å²) in [6, 6.07) is 15.5. The van der Waals surface area contributed by atoms with E-state index in [4.69, 9.17) is 4.74 Å². The summed E-state index contributed by atoms with van der Waals surface area (Å²) < 4.78 is 5.38. The third-order valence-corrected chi connectivity index (χ3v) is 6.43. The number of hydrogen-bond acceptors (Lipinski definition) is 5. The number of ether oxygens (including phenoxy) is 1. The van der Waals surface area contributed by atoms with Gasteiger partial charge in [-0.1, -0.05) is 36.4 Å². The number of esters is 1. The Kier molecular flexibility index (Phi) is 6.63. The van der Waals surface area contributed by atoms with Gasteiger partial charge in [0.1, 0.15) is 0 Å². The number of hydrogen-bond donors (Lipinski definition) is 2. The van der Waals surface area contributed by atoms with E-state index >= 15 is 0 Å². The van der Waals surface area contributed by atoms with Gasteiger partial charge < -0.3 is 15.4 Å². The maximum Gasteiger partial charge on any atom is 0.338 e. The van der Waals surface area contributed by atoms with Gasteiger partial charge in [-0.2, -0.15) is 0 Å². The largest absolute Gasteiger partial charge is 0.463 e. The van der Waals surface area contributed by atoms with E-state index in [1.54, 1.807) is 18.7 Å². The number of urea groups is 1. The third-order valence-electron chi connectivity index (χ3n) is 5.69. The predicted octanol–water partition coefficient (Wildman–Crippen LogP) is 3.64. The molecule has 7 heteroatoms. The molecule has 4 rings (SSSR count). The van der Waals surface area contributed by atoms with E-state index in [2.05, 4.69) is 33.7 Å². The fraction of sp³-hybridized carbons (Fsp3) is 0.333. The third kappa shape index (κ3) is 4.78. The first kappa shape index (κ1) is 21.5. The Balaban J connectivity index is 1.66. The van der Waals surface area contributed by atoms with Crippen LogP contribution in [-0.2, 0) is 22.5 Å².